The van der Waals surface area contributed by atoms with Crippen LogP contribution in [0.3, 0.4) is 0 Å². The van der Waals surface area contributed by atoms with Crippen molar-refractivity contribution in [2.45, 2.75) is 0 Å². The molecular weight excluding hydrogens is 246 g/mol. The van der Waals surface area contributed by atoms with Crippen LogP contribution < -0.4 is 4.90 Å². The van der Waals surface area contributed by atoms with E-state index in [-0.39, 0.29) is 28.3 Å². The van der Waals surface area contributed by atoms with Crippen LogP contribution in [0.1, 0.15) is 20.7 Å². The molecule has 0 saturated heterocycles. The molecule has 19 heavy (non-hydrogen) atoms. The number of phenolic OH excluding ortho intramolecular Hbond substituents is 2. The van der Waals surface area contributed by atoms with Gasteiger partial charge in [0.15, 0.2) is 0 Å². The predicted molar refractivity (Wildman–Crippen MR) is 67.4 cm³/mol. The van der Waals surface area contributed by atoms with Crippen LogP contribution in [0.15, 0.2) is 42.5 Å². The molecule has 1 aliphatic rings. The van der Waals surface area contributed by atoms with Gasteiger partial charge in [-0.2, -0.15) is 0 Å². The lowest BCUT2D eigenvalue weighted by Gasteiger charge is -2.15. The van der Waals surface area contributed by atoms with Crippen LogP contribution in [0.5, 0.6) is 11.5 Å². The molecule has 2 aromatic carbocycles. The van der Waals surface area contributed by atoms with E-state index in [1.54, 1.807) is 24.3 Å². The number of phenols is 2. The summed E-state index contributed by atoms with van der Waals surface area (Å²) in [7, 11) is 0. The molecule has 3 rings (SSSR count). The highest BCUT2D eigenvalue weighted by atomic mass is 16.3. The Morgan fingerprint density at radius 2 is 1.42 bits per heavy atom. The summed E-state index contributed by atoms with van der Waals surface area (Å²) in [6, 6.07) is 10.1. The number of benzene rings is 2. The average Bonchev–Trinajstić information content (AvgIpc) is 2.66. The molecule has 0 fully saturated rings. The summed E-state index contributed by atoms with van der Waals surface area (Å²) in [4.78, 5) is 25.2. The summed E-state index contributed by atoms with van der Waals surface area (Å²) in [5.74, 6) is -1.40. The lowest BCUT2D eigenvalue weighted by Crippen LogP contribution is -2.29. The van der Waals surface area contributed by atoms with Crippen LogP contribution in [0.2, 0.25) is 0 Å². The SMILES string of the molecule is O=C1c2ccccc2C(=O)N1c1cc(O)ccc1O. The molecule has 1 aliphatic heterocycles. The molecule has 0 spiro atoms. The fraction of sp³-hybridized carbons (Fsp3) is 0. The summed E-state index contributed by atoms with van der Waals surface area (Å²) >= 11 is 0. The molecule has 0 atom stereocenters. The Morgan fingerprint density at radius 1 is 0.842 bits per heavy atom. The quantitative estimate of drug-likeness (QED) is 0.602. The lowest BCUT2D eigenvalue weighted by atomic mass is 10.1. The van der Waals surface area contributed by atoms with Crippen molar-refractivity contribution in [3.63, 3.8) is 0 Å². The average molecular weight is 255 g/mol. The van der Waals surface area contributed by atoms with Crippen molar-refractivity contribution >= 4 is 17.5 Å². The van der Waals surface area contributed by atoms with Crippen molar-refractivity contribution in [3.05, 3.63) is 53.6 Å². The second-order valence-electron chi connectivity index (χ2n) is 4.16. The Morgan fingerprint density at radius 3 is 2.00 bits per heavy atom. The summed E-state index contributed by atoms with van der Waals surface area (Å²) in [5.41, 5.74) is 0.552. The summed E-state index contributed by atoms with van der Waals surface area (Å²) < 4.78 is 0. The Bertz CT molecular complexity index is 673. The van der Waals surface area contributed by atoms with E-state index < -0.39 is 11.8 Å². The first-order valence-corrected chi connectivity index (χ1v) is 5.59. The highest BCUT2D eigenvalue weighted by Gasteiger charge is 2.37. The normalized spacial score (nSPS) is 13.8. The van der Waals surface area contributed by atoms with Crippen LogP contribution in [-0.2, 0) is 0 Å². The number of anilines is 1. The Balaban J connectivity index is 2.17. The molecule has 1 heterocycles. The molecule has 94 valence electrons. The minimum Gasteiger partial charge on any atom is -0.508 e. The number of hydrogen-bond acceptors (Lipinski definition) is 4. The van der Waals surface area contributed by atoms with Gasteiger partial charge in [-0.25, -0.2) is 4.90 Å². The van der Waals surface area contributed by atoms with Gasteiger partial charge in [0.2, 0.25) is 0 Å². The number of amides is 2. The number of rotatable bonds is 1. The summed E-state index contributed by atoms with van der Waals surface area (Å²) in [6.07, 6.45) is 0. The van der Waals surface area contributed by atoms with Crippen molar-refractivity contribution in [1.29, 1.82) is 0 Å². The van der Waals surface area contributed by atoms with Crippen LogP contribution in [0.25, 0.3) is 0 Å². The maximum Gasteiger partial charge on any atom is 0.266 e. The maximum atomic E-state index is 12.2. The molecule has 2 aromatic rings. The van der Waals surface area contributed by atoms with Gasteiger partial charge >= 0.3 is 0 Å². The number of imide groups is 1. The summed E-state index contributed by atoms with van der Waals surface area (Å²) in [6.45, 7) is 0. The van der Waals surface area contributed by atoms with Gasteiger partial charge in [-0.3, -0.25) is 9.59 Å². The van der Waals surface area contributed by atoms with Gasteiger partial charge in [0.25, 0.3) is 11.8 Å². The standard InChI is InChI=1S/C14H9NO4/c16-8-5-6-12(17)11(7-8)15-13(18)9-3-1-2-4-10(9)14(15)19/h1-7,16-17H. The molecule has 5 heteroatoms. The van der Waals surface area contributed by atoms with Gasteiger partial charge in [0.05, 0.1) is 16.8 Å². The van der Waals surface area contributed by atoms with Crippen molar-refractivity contribution in [2.24, 2.45) is 0 Å². The molecule has 2 N–H and O–H groups in total. The monoisotopic (exact) mass is 255 g/mol. The first-order chi connectivity index (χ1) is 9.09. The van der Waals surface area contributed by atoms with Crippen LogP contribution in [0.4, 0.5) is 5.69 Å². The van der Waals surface area contributed by atoms with Crippen molar-refractivity contribution in [1.82, 2.24) is 0 Å². The minimum atomic E-state index is -0.512. The molecular formula is C14H9NO4. The third kappa shape index (κ3) is 1.55. The molecule has 0 aromatic heterocycles. The fourth-order valence-electron chi connectivity index (χ4n) is 2.10. The van der Waals surface area contributed by atoms with Gasteiger partial charge < -0.3 is 10.2 Å². The minimum absolute atomic E-state index is 0.0220. The molecule has 0 unspecified atom stereocenters. The third-order valence-corrected chi connectivity index (χ3v) is 2.99. The second kappa shape index (κ2) is 3.84. The number of hydrogen-bond donors (Lipinski definition) is 2. The lowest BCUT2D eigenvalue weighted by molar-refractivity contribution is 0.0925. The zero-order chi connectivity index (χ0) is 13.6. The molecule has 0 bridgehead atoms. The second-order valence-corrected chi connectivity index (χ2v) is 4.16. The Labute approximate surface area is 108 Å². The summed E-state index contributed by atoms with van der Waals surface area (Å²) in [5, 5.41) is 19.2. The van der Waals surface area contributed by atoms with Crippen molar-refractivity contribution < 1.29 is 19.8 Å². The first kappa shape index (κ1) is 11.3. The van der Waals surface area contributed by atoms with Crippen molar-refractivity contribution in [3.8, 4) is 11.5 Å². The van der Waals surface area contributed by atoms with Crippen molar-refractivity contribution in [2.75, 3.05) is 4.90 Å². The van der Waals surface area contributed by atoms with E-state index in [4.69, 9.17) is 0 Å². The van der Waals surface area contributed by atoms with E-state index in [2.05, 4.69) is 0 Å². The maximum absolute atomic E-state index is 12.2. The Hall–Kier alpha value is -2.82. The number of carbonyl (C=O) groups is 2. The van der Waals surface area contributed by atoms with Gasteiger partial charge in [-0.1, -0.05) is 12.1 Å². The van der Waals surface area contributed by atoms with E-state index >= 15 is 0 Å². The number of carbonyl (C=O) groups excluding carboxylic acids is 2. The first-order valence-electron chi connectivity index (χ1n) is 5.59. The van der Waals surface area contributed by atoms with Crippen LogP contribution in [0, 0.1) is 0 Å². The molecule has 0 radical (unpaired) electrons. The largest absolute Gasteiger partial charge is 0.508 e. The van der Waals surface area contributed by atoms with Gasteiger partial charge in [-0.05, 0) is 24.3 Å². The van der Waals surface area contributed by atoms with Gasteiger partial charge in [-0.15, -0.1) is 0 Å². The van der Waals surface area contributed by atoms with Crippen LogP contribution >= 0.6 is 0 Å². The van der Waals surface area contributed by atoms with E-state index in [9.17, 15) is 19.8 Å². The molecule has 0 aliphatic carbocycles. The Kier molecular flexibility index (Phi) is 2.28. The van der Waals surface area contributed by atoms with E-state index in [1.165, 1.54) is 18.2 Å². The fourth-order valence-corrected chi connectivity index (χ4v) is 2.10. The third-order valence-electron chi connectivity index (χ3n) is 2.99. The van der Waals surface area contributed by atoms with Crippen LogP contribution in [-0.4, -0.2) is 22.0 Å². The topological polar surface area (TPSA) is 77.8 Å². The number of aromatic hydroxyl groups is 2. The number of nitrogens with zero attached hydrogens (tertiary/aromatic N) is 1. The highest BCUT2D eigenvalue weighted by molar-refractivity contribution is 6.34. The van der Waals surface area contributed by atoms with E-state index in [1.807, 2.05) is 0 Å². The zero-order valence-electron chi connectivity index (χ0n) is 9.70. The van der Waals surface area contributed by atoms with Gasteiger partial charge in [0, 0.05) is 6.07 Å². The molecule has 2 amide bonds. The molecule has 5 nitrogen and oxygen atoms in total. The smallest absolute Gasteiger partial charge is 0.266 e. The van der Waals surface area contributed by atoms with Gasteiger partial charge in [0.1, 0.15) is 11.5 Å². The predicted octanol–water partition coefficient (Wildman–Crippen LogP) is 1.90. The van der Waals surface area contributed by atoms with E-state index in [0.29, 0.717) is 0 Å². The van der Waals surface area contributed by atoms with E-state index in [0.717, 1.165) is 4.90 Å². The zero-order valence-corrected chi connectivity index (χ0v) is 9.70. The molecule has 0 saturated carbocycles. The highest BCUT2D eigenvalue weighted by Crippen LogP contribution is 2.36. The number of fused-ring (bicyclic) bond motifs is 1.